The smallest absolute Gasteiger partial charge is 0.0858 e. The SMILES string of the molecule is CC1(O)C=C[C@H]2[C@@H]3CCC4CCCC[C@]4(C)[C@H]3CC[C@@]21C. The van der Waals surface area contributed by atoms with Gasteiger partial charge in [0.05, 0.1) is 5.60 Å². The molecule has 7 atom stereocenters. The van der Waals surface area contributed by atoms with E-state index in [0.717, 1.165) is 17.8 Å². The molecule has 0 heterocycles. The lowest BCUT2D eigenvalue weighted by Crippen LogP contribution is -2.55. The Morgan fingerprint density at radius 1 is 0.952 bits per heavy atom. The van der Waals surface area contributed by atoms with Crippen molar-refractivity contribution in [3.63, 3.8) is 0 Å². The topological polar surface area (TPSA) is 20.2 Å². The van der Waals surface area contributed by atoms with Crippen molar-refractivity contribution in [1.29, 1.82) is 0 Å². The second kappa shape index (κ2) is 4.37. The van der Waals surface area contributed by atoms with Gasteiger partial charge in [-0.1, -0.05) is 38.8 Å². The maximum atomic E-state index is 10.8. The maximum absolute atomic E-state index is 10.8. The monoisotopic (exact) mass is 288 g/mol. The van der Waals surface area contributed by atoms with Crippen LogP contribution < -0.4 is 0 Å². The summed E-state index contributed by atoms with van der Waals surface area (Å²) < 4.78 is 0. The summed E-state index contributed by atoms with van der Waals surface area (Å²) in [7, 11) is 0. The van der Waals surface area contributed by atoms with Crippen LogP contribution in [0.3, 0.4) is 0 Å². The second-order valence-electron chi connectivity index (χ2n) is 9.28. The molecule has 0 bridgehead atoms. The van der Waals surface area contributed by atoms with Gasteiger partial charge in [0.1, 0.15) is 0 Å². The fraction of sp³-hybridized carbons (Fsp3) is 0.900. The summed E-state index contributed by atoms with van der Waals surface area (Å²) in [6.07, 6.45) is 15.8. The highest BCUT2D eigenvalue weighted by atomic mass is 16.3. The lowest BCUT2D eigenvalue weighted by atomic mass is 9.44. The van der Waals surface area contributed by atoms with Crippen LogP contribution in [-0.4, -0.2) is 10.7 Å². The van der Waals surface area contributed by atoms with E-state index in [2.05, 4.69) is 26.0 Å². The molecule has 0 aromatic rings. The predicted octanol–water partition coefficient (Wildman–Crippen LogP) is 4.95. The zero-order chi connectivity index (χ0) is 14.9. The van der Waals surface area contributed by atoms with Gasteiger partial charge in [-0.05, 0) is 74.5 Å². The first-order valence-electron chi connectivity index (χ1n) is 9.30. The van der Waals surface area contributed by atoms with E-state index in [-0.39, 0.29) is 5.41 Å². The Labute approximate surface area is 130 Å². The van der Waals surface area contributed by atoms with Crippen molar-refractivity contribution in [1.82, 2.24) is 0 Å². The van der Waals surface area contributed by atoms with Crippen molar-refractivity contribution in [2.75, 3.05) is 0 Å². The molecule has 118 valence electrons. The quantitative estimate of drug-likeness (QED) is 0.626. The van der Waals surface area contributed by atoms with Gasteiger partial charge in [0.2, 0.25) is 0 Å². The van der Waals surface area contributed by atoms with Gasteiger partial charge in [-0.2, -0.15) is 0 Å². The van der Waals surface area contributed by atoms with Crippen molar-refractivity contribution in [2.45, 2.75) is 77.7 Å². The summed E-state index contributed by atoms with van der Waals surface area (Å²) in [4.78, 5) is 0. The second-order valence-corrected chi connectivity index (χ2v) is 9.28. The molecule has 0 radical (unpaired) electrons. The summed E-state index contributed by atoms with van der Waals surface area (Å²) in [5.74, 6) is 3.34. The van der Waals surface area contributed by atoms with E-state index < -0.39 is 5.60 Å². The van der Waals surface area contributed by atoms with Crippen molar-refractivity contribution in [2.24, 2.45) is 34.5 Å². The number of fused-ring (bicyclic) bond motifs is 5. The van der Waals surface area contributed by atoms with E-state index in [0.29, 0.717) is 11.3 Å². The van der Waals surface area contributed by atoms with E-state index in [1.807, 2.05) is 6.92 Å². The van der Waals surface area contributed by atoms with E-state index in [9.17, 15) is 5.11 Å². The zero-order valence-corrected chi connectivity index (χ0v) is 14.1. The minimum absolute atomic E-state index is 0.0893. The van der Waals surface area contributed by atoms with Gasteiger partial charge in [-0.15, -0.1) is 0 Å². The van der Waals surface area contributed by atoms with Crippen LogP contribution in [0.5, 0.6) is 0 Å². The predicted molar refractivity (Wildman–Crippen MR) is 86.9 cm³/mol. The van der Waals surface area contributed by atoms with E-state index in [4.69, 9.17) is 0 Å². The van der Waals surface area contributed by atoms with E-state index in [1.165, 1.54) is 51.4 Å². The number of hydrogen-bond acceptors (Lipinski definition) is 1. The minimum Gasteiger partial charge on any atom is -0.385 e. The molecule has 0 saturated heterocycles. The summed E-state index contributed by atoms with van der Waals surface area (Å²) in [5.41, 5.74) is 0.101. The Morgan fingerprint density at radius 3 is 2.57 bits per heavy atom. The van der Waals surface area contributed by atoms with Crippen LogP contribution in [0.2, 0.25) is 0 Å². The molecule has 1 heteroatoms. The summed E-state index contributed by atoms with van der Waals surface area (Å²) in [5, 5.41) is 10.8. The van der Waals surface area contributed by atoms with Gasteiger partial charge in [-0.3, -0.25) is 0 Å². The van der Waals surface area contributed by atoms with Crippen molar-refractivity contribution >= 4 is 0 Å². The first-order valence-corrected chi connectivity index (χ1v) is 9.30. The molecule has 3 fully saturated rings. The van der Waals surface area contributed by atoms with Gasteiger partial charge in [0.25, 0.3) is 0 Å². The molecule has 2 unspecified atom stereocenters. The highest BCUT2D eigenvalue weighted by Gasteiger charge is 2.61. The fourth-order valence-corrected chi connectivity index (χ4v) is 6.97. The summed E-state index contributed by atoms with van der Waals surface area (Å²) in [6, 6.07) is 0. The van der Waals surface area contributed by atoms with Gasteiger partial charge in [-0.25, -0.2) is 0 Å². The zero-order valence-electron chi connectivity index (χ0n) is 14.1. The summed E-state index contributed by atoms with van der Waals surface area (Å²) in [6.45, 7) is 7.01. The van der Waals surface area contributed by atoms with Crippen LogP contribution in [0.25, 0.3) is 0 Å². The average Bonchev–Trinajstić information content (AvgIpc) is 2.69. The lowest BCUT2D eigenvalue weighted by Gasteiger charge is -2.61. The Hall–Kier alpha value is -0.300. The van der Waals surface area contributed by atoms with Crippen LogP contribution in [0, 0.1) is 34.5 Å². The van der Waals surface area contributed by atoms with Crippen LogP contribution in [0.4, 0.5) is 0 Å². The Kier molecular flexibility index (Phi) is 2.98. The van der Waals surface area contributed by atoms with Crippen molar-refractivity contribution < 1.29 is 5.11 Å². The van der Waals surface area contributed by atoms with Crippen LogP contribution in [0.15, 0.2) is 12.2 Å². The lowest BCUT2D eigenvalue weighted by molar-refractivity contribution is -0.137. The van der Waals surface area contributed by atoms with E-state index in [1.54, 1.807) is 0 Å². The Balaban J connectivity index is 1.67. The first kappa shape index (κ1) is 14.3. The molecule has 0 aromatic carbocycles. The molecule has 0 aliphatic heterocycles. The van der Waals surface area contributed by atoms with Crippen LogP contribution >= 0.6 is 0 Å². The number of hydrogen-bond donors (Lipinski definition) is 1. The van der Waals surface area contributed by atoms with Gasteiger partial charge >= 0.3 is 0 Å². The molecule has 4 aliphatic carbocycles. The molecule has 4 aliphatic rings. The van der Waals surface area contributed by atoms with Crippen LogP contribution in [0.1, 0.15) is 72.1 Å². The summed E-state index contributed by atoms with van der Waals surface area (Å²) >= 11 is 0. The highest BCUT2D eigenvalue weighted by molar-refractivity contribution is 5.24. The minimum atomic E-state index is -0.590. The molecule has 1 nitrogen and oxygen atoms in total. The number of aliphatic hydroxyl groups is 1. The molecule has 0 amide bonds. The van der Waals surface area contributed by atoms with Gasteiger partial charge in [0, 0.05) is 5.41 Å². The molecule has 3 saturated carbocycles. The van der Waals surface area contributed by atoms with Gasteiger partial charge < -0.3 is 5.11 Å². The van der Waals surface area contributed by atoms with Crippen LogP contribution in [-0.2, 0) is 0 Å². The number of allylic oxidation sites excluding steroid dienone is 1. The molecule has 4 rings (SSSR count). The first-order chi connectivity index (χ1) is 9.88. The molecular weight excluding hydrogens is 256 g/mol. The van der Waals surface area contributed by atoms with Crippen molar-refractivity contribution in [3.8, 4) is 0 Å². The molecule has 0 spiro atoms. The number of rotatable bonds is 0. The third-order valence-corrected chi connectivity index (χ3v) is 8.62. The molecular formula is C20H32O. The largest absolute Gasteiger partial charge is 0.385 e. The molecule has 21 heavy (non-hydrogen) atoms. The average molecular weight is 288 g/mol. The third-order valence-electron chi connectivity index (χ3n) is 8.62. The Morgan fingerprint density at radius 2 is 1.76 bits per heavy atom. The standard InChI is InChI=1S/C20H32O/c1-18-11-5-4-6-14(18)7-8-15-16(18)9-12-19(2)17(15)10-13-20(19,3)21/h10,13-17,21H,4-9,11-12H2,1-3H3/t14?,15-,16+,17+,18+,19+,20?/m1/s1. The Bertz CT molecular complexity index is 464. The highest BCUT2D eigenvalue weighted by Crippen LogP contribution is 2.66. The fourth-order valence-electron chi connectivity index (χ4n) is 6.97. The molecule has 1 N–H and O–H groups in total. The third kappa shape index (κ3) is 1.73. The maximum Gasteiger partial charge on any atom is 0.0858 e. The van der Waals surface area contributed by atoms with Gasteiger partial charge in [0.15, 0.2) is 0 Å². The van der Waals surface area contributed by atoms with E-state index >= 15 is 0 Å². The normalized spacial score (nSPS) is 59.2. The van der Waals surface area contributed by atoms with Crippen molar-refractivity contribution in [3.05, 3.63) is 12.2 Å². The molecule has 0 aromatic heterocycles.